The molecular formula is C19H20BrN3O4. The van der Waals surface area contributed by atoms with Gasteiger partial charge in [-0.25, -0.2) is 0 Å². The Morgan fingerprint density at radius 1 is 1.15 bits per heavy atom. The number of amides is 3. The lowest BCUT2D eigenvalue weighted by Gasteiger charge is -2.32. The maximum atomic E-state index is 12.5. The van der Waals surface area contributed by atoms with Crippen molar-refractivity contribution >= 4 is 39.3 Å². The van der Waals surface area contributed by atoms with Crippen molar-refractivity contribution in [2.75, 3.05) is 25.0 Å². The van der Waals surface area contributed by atoms with Gasteiger partial charge in [0, 0.05) is 18.8 Å². The van der Waals surface area contributed by atoms with Crippen LogP contribution < -0.4 is 10.6 Å². The van der Waals surface area contributed by atoms with E-state index in [2.05, 4.69) is 26.6 Å². The number of halogens is 1. The lowest BCUT2D eigenvalue weighted by atomic mass is 9.97. The highest BCUT2D eigenvalue weighted by molar-refractivity contribution is 9.10. The van der Waals surface area contributed by atoms with Gasteiger partial charge in [0.25, 0.3) is 5.91 Å². The van der Waals surface area contributed by atoms with E-state index in [1.54, 1.807) is 11.0 Å². The normalized spacial score (nSPS) is 16.6. The van der Waals surface area contributed by atoms with Crippen molar-refractivity contribution in [3.63, 3.8) is 0 Å². The van der Waals surface area contributed by atoms with Crippen LogP contribution in [0.1, 0.15) is 23.4 Å². The Morgan fingerprint density at radius 2 is 1.93 bits per heavy atom. The molecule has 27 heavy (non-hydrogen) atoms. The maximum Gasteiger partial charge on any atom is 0.287 e. The van der Waals surface area contributed by atoms with Gasteiger partial charge in [0.05, 0.1) is 12.5 Å². The molecule has 7 nitrogen and oxygen atoms in total. The van der Waals surface area contributed by atoms with E-state index in [1.807, 2.05) is 30.3 Å². The number of nitrogens with one attached hydrogen (secondary N) is 2. The number of carbonyl (C=O) groups excluding carboxylic acids is 3. The number of carbonyl (C=O) groups is 3. The molecule has 1 aromatic carbocycles. The molecule has 142 valence electrons. The molecule has 0 saturated carbocycles. The van der Waals surface area contributed by atoms with Crippen LogP contribution in [0.15, 0.2) is 51.6 Å². The molecule has 1 aliphatic heterocycles. The summed E-state index contributed by atoms with van der Waals surface area (Å²) in [6.45, 7) is 0.792. The van der Waals surface area contributed by atoms with E-state index >= 15 is 0 Å². The van der Waals surface area contributed by atoms with Gasteiger partial charge in [-0.1, -0.05) is 18.2 Å². The standard InChI is InChI=1S/C19H20BrN3O4/c20-16-9-8-15(27-16)19(26)21-11-17(24)23-10-4-5-13(12-23)18(25)22-14-6-2-1-3-7-14/h1-3,6-9,13H,4-5,10-12H2,(H,21,26)(H,22,25). The summed E-state index contributed by atoms with van der Waals surface area (Å²) in [5, 5.41) is 5.43. The predicted octanol–water partition coefficient (Wildman–Crippen LogP) is 2.65. The topological polar surface area (TPSA) is 91.7 Å². The van der Waals surface area contributed by atoms with Gasteiger partial charge in [0.2, 0.25) is 11.8 Å². The molecule has 2 aromatic rings. The van der Waals surface area contributed by atoms with Gasteiger partial charge in [-0.3, -0.25) is 14.4 Å². The lowest BCUT2D eigenvalue weighted by Crippen LogP contribution is -2.47. The molecule has 8 heteroatoms. The van der Waals surface area contributed by atoms with E-state index in [1.165, 1.54) is 6.07 Å². The first-order chi connectivity index (χ1) is 13.0. The minimum Gasteiger partial charge on any atom is -0.444 e. The molecule has 1 aromatic heterocycles. The third-order valence-corrected chi connectivity index (χ3v) is 4.81. The average Bonchev–Trinajstić information content (AvgIpc) is 3.13. The second-order valence-electron chi connectivity index (χ2n) is 6.32. The molecule has 1 unspecified atom stereocenters. The molecule has 1 aliphatic rings. The van der Waals surface area contributed by atoms with Crippen LogP contribution in [0.2, 0.25) is 0 Å². The van der Waals surface area contributed by atoms with Crippen molar-refractivity contribution in [3.05, 3.63) is 52.9 Å². The Balaban J connectivity index is 1.50. The third kappa shape index (κ3) is 5.19. The fraction of sp³-hybridized carbons (Fsp3) is 0.316. The van der Waals surface area contributed by atoms with Crippen molar-refractivity contribution in [2.24, 2.45) is 5.92 Å². The highest BCUT2D eigenvalue weighted by atomic mass is 79.9. The molecule has 1 fully saturated rings. The van der Waals surface area contributed by atoms with Crippen molar-refractivity contribution in [3.8, 4) is 0 Å². The van der Waals surface area contributed by atoms with Gasteiger partial charge in [0.1, 0.15) is 0 Å². The van der Waals surface area contributed by atoms with Crippen LogP contribution in [0, 0.1) is 5.92 Å². The first kappa shape index (κ1) is 19.2. The van der Waals surface area contributed by atoms with Crippen molar-refractivity contribution in [2.45, 2.75) is 12.8 Å². The average molecular weight is 434 g/mol. The number of rotatable bonds is 5. The summed E-state index contributed by atoms with van der Waals surface area (Å²) >= 11 is 3.13. The Bertz CT molecular complexity index is 821. The maximum absolute atomic E-state index is 12.5. The second-order valence-corrected chi connectivity index (χ2v) is 7.10. The summed E-state index contributed by atoms with van der Waals surface area (Å²) in [6, 6.07) is 12.4. The highest BCUT2D eigenvalue weighted by Crippen LogP contribution is 2.19. The van der Waals surface area contributed by atoms with Gasteiger partial charge >= 0.3 is 0 Å². The summed E-state index contributed by atoms with van der Waals surface area (Å²) < 4.78 is 5.60. The van der Waals surface area contributed by atoms with Crippen molar-refractivity contribution in [1.82, 2.24) is 10.2 Å². The fourth-order valence-corrected chi connectivity index (χ4v) is 3.28. The summed E-state index contributed by atoms with van der Waals surface area (Å²) in [7, 11) is 0. The van der Waals surface area contributed by atoms with Crippen LogP contribution in [0.25, 0.3) is 0 Å². The van der Waals surface area contributed by atoms with Crippen LogP contribution >= 0.6 is 15.9 Å². The number of hydrogen-bond donors (Lipinski definition) is 2. The Kier molecular flexibility index (Phi) is 6.28. The van der Waals surface area contributed by atoms with E-state index in [4.69, 9.17) is 4.42 Å². The lowest BCUT2D eigenvalue weighted by molar-refractivity contribution is -0.133. The number of piperidine rings is 1. The Labute approximate surface area is 165 Å². The molecule has 3 amide bonds. The summed E-state index contributed by atoms with van der Waals surface area (Å²) in [5.74, 6) is -0.896. The molecule has 1 atom stereocenters. The SMILES string of the molecule is O=C(NCC(=O)N1CCCC(C(=O)Nc2ccccc2)C1)c1ccc(Br)o1. The number of benzene rings is 1. The number of likely N-dealkylation sites (tertiary alicyclic amines) is 1. The summed E-state index contributed by atoms with van der Waals surface area (Å²) in [4.78, 5) is 38.4. The molecule has 0 radical (unpaired) electrons. The van der Waals surface area contributed by atoms with E-state index in [0.717, 1.165) is 18.5 Å². The van der Waals surface area contributed by atoms with E-state index < -0.39 is 5.91 Å². The highest BCUT2D eigenvalue weighted by Gasteiger charge is 2.28. The number of para-hydroxylation sites is 1. The van der Waals surface area contributed by atoms with Crippen molar-refractivity contribution < 1.29 is 18.8 Å². The van der Waals surface area contributed by atoms with E-state index in [9.17, 15) is 14.4 Å². The number of furan rings is 1. The largest absolute Gasteiger partial charge is 0.444 e. The Morgan fingerprint density at radius 3 is 2.63 bits per heavy atom. The van der Waals surface area contributed by atoms with Gasteiger partial charge < -0.3 is 20.0 Å². The third-order valence-electron chi connectivity index (χ3n) is 4.38. The van der Waals surface area contributed by atoms with Crippen LogP contribution in [-0.4, -0.2) is 42.3 Å². The zero-order valence-corrected chi connectivity index (χ0v) is 16.2. The monoisotopic (exact) mass is 433 g/mol. The van der Waals surface area contributed by atoms with E-state index in [0.29, 0.717) is 17.8 Å². The van der Waals surface area contributed by atoms with Gasteiger partial charge in [-0.2, -0.15) is 0 Å². The molecule has 0 spiro atoms. The predicted molar refractivity (Wildman–Crippen MR) is 103 cm³/mol. The summed E-state index contributed by atoms with van der Waals surface area (Å²) in [5.41, 5.74) is 0.739. The molecule has 2 heterocycles. The quantitative estimate of drug-likeness (QED) is 0.757. The molecule has 3 rings (SSSR count). The molecule has 0 aliphatic carbocycles. The number of anilines is 1. The first-order valence-electron chi connectivity index (χ1n) is 8.70. The molecule has 0 bridgehead atoms. The Hall–Kier alpha value is -2.61. The van der Waals surface area contributed by atoms with Crippen LogP contribution in [-0.2, 0) is 9.59 Å². The van der Waals surface area contributed by atoms with Crippen LogP contribution in [0.5, 0.6) is 0 Å². The molecule has 1 saturated heterocycles. The smallest absolute Gasteiger partial charge is 0.287 e. The number of hydrogen-bond acceptors (Lipinski definition) is 4. The second kappa shape index (κ2) is 8.85. The first-order valence-corrected chi connectivity index (χ1v) is 9.49. The minimum absolute atomic E-state index is 0.0943. The minimum atomic E-state index is -0.454. The molecular weight excluding hydrogens is 414 g/mol. The van der Waals surface area contributed by atoms with Crippen LogP contribution in [0.4, 0.5) is 5.69 Å². The zero-order chi connectivity index (χ0) is 19.2. The summed E-state index contributed by atoms with van der Waals surface area (Å²) in [6.07, 6.45) is 1.48. The molecule has 2 N–H and O–H groups in total. The van der Waals surface area contributed by atoms with Gasteiger partial charge in [-0.05, 0) is 53.0 Å². The van der Waals surface area contributed by atoms with Gasteiger partial charge in [-0.15, -0.1) is 0 Å². The zero-order valence-electron chi connectivity index (χ0n) is 14.6. The van der Waals surface area contributed by atoms with Crippen LogP contribution in [0.3, 0.4) is 0 Å². The van der Waals surface area contributed by atoms with E-state index in [-0.39, 0.29) is 30.0 Å². The number of nitrogens with zero attached hydrogens (tertiary/aromatic N) is 1. The fourth-order valence-electron chi connectivity index (χ4n) is 2.97. The van der Waals surface area contributed by atoms with Crippen molar-refractivity contribution in [1.29, 1.82) is 0 Å². The van der Waals surface area contributed by atoms with Gasteiger partial charge in [0.15, 0.2) is 10.4 Å².